The van der Waals surface area contributed by atoms with Crippen LogP contribution in [-0.4, -0.2) is 40.0 Å². The summed E-state index contributed by atoms with van der Waals surface area (Å²) >= 11 is 1.37. The van der Waals surface area contributed by atoms with Gasteiger partial charge in [0.1, 0.15) is 6.33 Å². The lowest BCUT2D eigenvalue weighted by atomic mass is 10.1. The second-order valence-corrected chi connectivity index (χ2v) is 6.82. The molecule has 3 rings (SSSR count). The zero-order valence-electron chi connectivity index (χ0n) is 14.7. The third-order valence-electron chi connectivity index (χ3n) is 3.87. The number of hydrogen-bond donors (Lipinski definition) is 0. The Morgan fingerprint density at radius 1 is 1.08 bits per heavy atom. The van der Waals surface area contributed by atoms with E-state index in [1.807, 2.05) is 41.8 Å². The van der Waals surface area contributed by atoms with E-state index >= 15 is 0 Å². The molecule has 3 aromatic rings. The summed E-state index contributed by atoms with van der Waals surface area (Å²) in [5.41, 5.74) is 1.51. The molecule has 0 saturated carbocycles. The van der Waals surface area contributed by atoms with Crippen molar-refractivity contribution < 1.29 is 14.3 Å². The fourth-order valence-corrected chi connectivity index (χ4v) is 3.43. The molecule has 0 aliphatic carbocycles. The summed E-state index contributed by atoms with van der Waals surface area (Å²) in [5, 5.41) is 8.46. The monoisotopic (exact) mass is 369 g/mol. The van der Waals surface area contributed by atoms with Gasteiger partial charge in [0.25, 0.3) is 0 Å². The maximum atomic E-state index is 12.8. The summed E-state index contributed by atoms with van der Waals surface area (Å²) in [6.07, 6.45) is 1.64. The Bertz CT molecular complexity index is 896. The normalized spacial score (nSPS) is 11.8. The maximum Gasteiger partial charge on any atom is 0.196 e. The van der Waals surface area contributed by atoms with Gasteiger partial charge in [0, 0.05) is 11.3 Å². The van der Waals surface area contributed by atoms with Gasteiger partial charge in [-0.2, -0.15) is 0 Å². The van der Waals surface area contributed by atoms with E-state index in [1.165, 1.54) is 11.8 Å². The standard InChI is InChI=1S/C19H19N3O3S/c1-13(18(23)14-9-10-16(24-2)17(11-14)25-3)26-19-21-20-12-22(19)15-7-5-4-6-8-15/h4-13H,1-3H3/t13-/m1/s1. The van der Waals surface area contributed by atoms with Crippen molar-refractivity contribution in [1.82, 2.24) is 14.8 Å². The SMILES string of the molecule is COc1ccc(C(=O)[C@@H](C)Sc2nncn2-c2ccccc2)cc1OC. The molecule has 1 heterocycles. The van der Waals surface area contributed by atoms with Crippen molar-refractivity contribution in [2.75, 3.05) is 14.2 Å². The third-order valence-corrected chi connectivity index (χ3v) is 4.93. The number of benzene rings is 2. The molecule has 0 N–H and O–H groups in total. The highest BCUT2D eigenvalue weighted by atomic mass is 32.2. The van der Waals surface area contributed by atoms with Crippen molar-refractivity contribution in [2.24, 2.45) is 0 Å². The van der Waals surface area contributed by atoms with E-state index in [4.69, 9.17) is 9.47 Å². The van der Waals surface area contributed by atoms with Crippen molar-refractivity contribution in [3.05, 3.63) is 60.4 Å². The van der Waals surface area contributed by atoms with Gasteiger partial charge in [0.05, 0.1) is 19.5 Å². The maximum absolute atomic E-state index is 12.8. The van der Waals surface area contributed by atoms with E-state index in [0.29, 0.717) is 22.2 Å². The van der Waals surface area contributed by atoms with Crippen LogP contribution in [0, 0.1) is 0 Å². The molecule has 0 fully saturated rings. The van der Waals surface area contributed by atoms with E-state index in [1.54, 1.807) is 38.7 Å². The van der Waals surface area contributed by atoms with E-state index in [-0.39, 0.29) is 11.0 Å². The number of Topliss-reactive ketones (excluding diaryl/α,β-unsaturated/α-hetero) is 1. The number of carbonyl (C=O) groups is 1. The number of hydrogen-bond acceptors (Lipinski definition) is 6. The molecule has 134 valence electrons. The van der Waals surface area contributed by atoms with Crippen LogP contribution in [0.2, 0.25) is 0 Å². The minimum Gasteiger partial charge on any atom is -0.493 e. The Morgan fingerprint density at radius 2 is 1.81 bits per heavy atom. The number of methoxy groups -OCH3 is 2. The van der Waals surface area contributed by atoms with Gasteiger partial charge in [-0.15, -0.1) is 10.2 Å². The molecule has 0 saturated heterocycles. The lowest BCUT2D eigenvalue weighted by Crippen LogP contribution is -2.14. The fraction of sp³-hybridized carbons (Fsp3) is 0.211. The average molecular weight is 369 g/mol. The molecule has 0 spiro atoms. The van der Waals surface area contributed by atoms with Gasteiger partial charge >= 0.3 is 0 Å². The molecule has 0 radical (unpaired) electrons. The summed E-state index contributed by atoms with van der Waals surface area (Å²) in [5.74, 6) is 1.11. The minimum absolute atomic E-state index is 0.0152. The number of ketones is 1. The van der Waals surface area contributed by atoms with Crippen LogP contribution < -0.4 is 9.47 Å². The second kappa shape index (κ2) is 8.05. The van der Waals surface area contributed by atoms with Gasteiger partial charge in [-0.05, 0) is 37.3 Å². The fourth-order valence-electron chi connectivity index (χ4n) is 2.51. The van der Waals surface area contributed by atoms with Gasteiger partial charge < -0.3 is 9.47 Å². The van der Waals surface area contributed by atoms with E-state index in [9.17, 15) is 4.79 Å². The minimum atomic E-state index is -0.334. The molecule has 1 atom stereocenters. The van der Waals surface area contributed by atoms with Gasteiger partial charge in [-0.1, -0.05) is 30.0 Å². The van der Waals surface area contributed by atoms with E-state index in [2.05, 4.69) is 10.2 Å². The number of aromatic nitrogens is 3. The first kappa shape index (κ1) is 18.0. The number of carbonyl (C=O) groups excluding carboxylic acids is 1. The van der Waals surface area contributed by atoms with Gasteiger partial charge in [0.2, 0.25) is 0 Å². The molecular weight excluding hydrogens is 350 g/mol. The largest absolute Gasteiger partial charge is 0.493 e. The van der Waals surface area contributed by atoms with Crippen LogP contribution in [0.15, 0.2) is 60.0 Å². The Morgan fingerprint density at radius 3 is 2.50 bits per heavy atom. The van der Waals surface area contributed by atoms with E-state index in [0.717, 1.165) is 5.69 Å². The van der Waals surface area contributed by atoms with Gasteiger partial charge in [-0.3, -0.25) is 9.36 Å². The van der Waals surface area contributed by atoms with Crippen molar-refractivity contribution in [1.29, 1.82) is 0 Å². The highest BCUT2D eigenvalue weighted by Crippen LogP contribution is 2.31. The second-order valence-electron chi connectivity index (χ2n) is 5.51. The molecule has 6 nitrogen and oxygen atoms in total. The molecule has 0 bridgehead atoms. The lowest BCUT2D eigenvalue weighted by Gasteiger charge is -2.13. The first-order chi connectivity index (χ1) is 12.6. The van der Waals surface area contributed by atoms with Crippen LogP contribution in [0.3, 0.4) is 0 Å². The van der Waals surface area contributed by atoms with Crippen molar-refractivity contribution in [3.63, 3.8) is 0 Å². The highest BCUT2D eigenvalue weighted by molar-refractivity contribution is 8.00. The van der Waals surface area contributed by atoms with Crippen LogP contribution in [-0.2, 0) is 0 Å². The van der Waals surface area contributed by atoms with Crippen LogP contribution in [0.5, 0.6) is 11.5 Å². The number of para-hydroxylation sites is 1. The predicted octanol–water partition coefficient (Wildman–Crippen LogP) is 3.65. The molecule has 26 heavy (non-hydrogen) atoms. The number of nitrogens with zero attached hydrogens (tertiary/aromatic N) is 3. The smallest absolute Gasteiger partial charge is 0.196 e. The first-order valence-electron chi connectivity index (χ1n) is 8.02. The topological polar surface area (TPSA) is 66.2 Å². The summed E-state index contributed by atoms with van der Waals surface area (Å²) in [6.45, 7) is 1.85. The molecule has 2 aromatic carbocycles. The summed E-state index contributed by atoms with van der Waals surface area (Å²) in [4.78, 5) is 12.8. The molecule has 1 aromatic heterocycles. The Balaban J connectivity index is 1.80. The molecule has 0 aliphatic heterocycles. The van der Waals surface area contributed by atoms with Crippen LogP contribution in [0.4, 0.5) is 0 Å². The van der Waals surface area contributed by atoms with Crippen molar-refractivity contribution in [3.8, 4) is 17.2 Å². The first-order valence-corrected chi connectivity index (χ1v) is 8.90. The van der Waals surface area contributed by atoms with Crippen molar-refractivity contribution >= 4 is 17.5 Å². The molecule has 0 unspecified atom stereocenters. The van der Waals surface area contributed by atoms with Crippen LogP contribution >= 0.6 is 11.8 Å². The van der Waals surface area contributed by atoms with Crippen LogP contribution in [0.1, 0.15) is 17.3 Å². The Hall–Kier alpha value is -2.80. The third kappa shape index (κ3) is 3.72. The molecule has 0 amide bonds. The summed E-state index contributed by atoms with van der Waals surface area (Å²) < 4.78 is 12.4. The van der Waals surface area contributed by atoms with Gasteiger partial charge in [-0.25, -0.2) is 0 Å². The summed E-state index contributed by atoms with van der Waals surface area (Å²) in [7, 11) is 3.11. The average Bonchev–Trinajstić information content (AvgIpc) is 3.15. The number of thioether (sulfide) groups is 1. The molecule has 7 heteroatoms. The zero-order valence-corrected chi connectivity index (χ0v) is 15.6. The van der Waals surface area contributed by atoms with Gasteiger partial charge in [0.15, 0.2) is 22.4 Å². The van der Waals surface area contributed by atoms with E-state index < -0.39 is 0 Å². The van der Waals surface area contributed by atoms with Crippen LogP contribution in [0.25, 0.3) is 5.69 Å². The predicted molar refractivity (Wildman–Crippen MR) is 101 cm³/mol. The Kier molecular flexibility index (Phi) is 5.58. The molecule has 0 aliphatic rings. The zero-order chi connectivity index (χ0) is 18.5. The quantitative estimate of drug-likeness (QED) is 0.468. The Labute approximate surface area is 156 Å². The number of rotatable bonds is 7. The molecular formula is C19H19N3O3S. The number of ether oxygens (including phenoxy) is 2. The van der Waals surface area contributed by atoms with Crippen molar-refractivity contribution in [2.45, 2.75) is 17.3 Å². The highest BCUT2D eigenvalue weighted by Gasteiger charge is 2.21. The summed E-state index contributed by atoms with van der Waals surface area (Å²) in [6, 6.07) is 14.9. The lowest BCUT2D eigenvalue weighted by molar-refractivity contribution is 0.0993.